The lowest BCUT2D eigenvalue weighted by Gasteiger charge is -2.13. The highest BCUT2D eigenvalue weighted by Gasteiger charge is 2.09. The fourth-order valence-corrected chi connectivity index (χ4v) is 2.12. The number of hydrogen-bond acceptors (Lipinski definition) is 4. The van der Waals surface area contributed by atoms with Crippen LogP contribution in [0.3, 0.4) is 0 Å². The molecule has 24 heavy (non-hydrogen) atoms. The normalized spacial score (nSPS) is 9.96. The molecular weight excluding hydrogens is 308 g/mol. The number of rotatable bonds is 7. The lowest BCUT2D eigenvalue weighted by molar-refractivity contribution is 0.262. The number of anilines is 2. The number of carbonyl (C=O) groups excluding carboxylic acids is 1. The molecule has 2 N–H and O–H groups in total. The molecule has 0 aliphatic carbocycles. The number of amides is 2. The molecule has 0 atom stereocenters. The van der Waals surface area contributed by atoms with Gasteiger partial charge in [-0.1, -0.05) is 6.07 Å². The number of benzene rings is 2. The summed E-state index contributed by atoms with van der Waals surface area (Å²) >= 11 is 0. The second kappa shape index (κ2) is 8.67. The minimum absolute atomic E-state index is 0.352. The topological polar surface area (TPSA) is 68.8 Å². The van der Waals surface area contributed by atoms with Crippen molar-refractivity contribution in [3.05, 3.63) is 42.5 Å². The first-order chi connectivity index (χ1) is 11.7. The van der Waals surface area contributed by atoms with Crippen LogP contribution in [0, 0.1) is 0 Å². The van der Waals surface area contributed by atoms with Crippen molar-refractivity contribution in [2.45, 2.75) is 13.8 Å². The number of methoxy groups -OCH3 is 1. The zero-order chi connectivity index (χ0) is 17.4. The Morgan fingerprint density at radius 2 is 1.58 bits per heavy atom. The quantitative estimate of drug-likeness (QED) is 0.800. The molecule has 0 radical (unpaired) electrons. The van der Waals surface area contributed by atoms with Crippen LogP contribution in [0.2, 0.25) is 0 Å². The number of ether oxygens (including phenoxy) is 3. The molecule has 6 nitrogen and oxygen atoms in total. The average molecular weight is 330 g/mol. The predicted molar refractivity (Wildman–Crippen MR) is 94.4 cm³/mol. The van der Waals surface area contributed by atoms with Crippen LogP contribution in [0.1, 0.15) is 13.8 Å². The molecule has 0 aliphatic heterocycles. The first-order valence-electron chi connectivity index (χ1n) is 7.78. The Labute approximate surface area is 141 Å². The van der Waals surface area contributed by atoms with Crippen LogP contribution in [0.25, 0.3) is 0 Å². The van der Waals surface area contributed by atoms with Gasteiger partial charge in [-0.25, -0.2) is 4.79 Å². The first kappa shape index (κ1) is 17.5. The Hall–Kier alpha value is -2.89. The monoisotopic (exact) mass is 330 g/mol. The van der Waals surface area contributed by atoms with E-state index in [1.54, 1.807) is 43.5 Å². The molecule has 128 valence electrons. The molecule has 0 heterocycles. The Kier molecular flexibility index (Phi) is 6.31. The van der Waals surface area contributed by atoms with E-state index in [0.717, 1.165) is 0 Å². The van der Waals surface area contributed by atoms with Gasteiger partial charge in [0.2, 0.25) is 0 Å². The highest BCUT2D eigenvalue weighted by molar-refractivity contribution is 6.00. The molecule has 2 rings (SSSR count). The second-order valence-corrected chi connectivity index (χ2v) is 4.84. The summed E-state index contributed by atoms with van der Waals surface area (Å²) in [5.41, 5.74) is 1.25. The van der Waals surface area contributed by atoms with Crippen LogP contribution >= 0.6 is 0 Å². The van der Waals surface area contributed by atoms with E-state index in [1.807, 2.05) is 19.9 Å². The predicted octanol–water partition coefficient (Wildman–Crippen LogP) is 4.14. The lowest BCUT2D eigenvalue weighted by Crippen LogP contribution is -2.19. The number of nitrogens with one attached hydrogen (secondary N) is 2. The van der Waals surface area contributed by atoms with Crippen LogP contribution < -0.4 is 24.8 Å². The van der Waals surface area contributed by atoms with Gasteiger partial charge in [-0.05, 0) is 38.1 Å². The van der Waals surface area contributed by atoms with Crippen LogP contribution in [-0.2, 0) is 0 Å². The fraction of sp³-hybridized carbons (Fsp3) is 0.278. The van der Waals surface area contributed by atoms with Crippen LogP contribution in [0.15, 0.2) is 42.5 Å². The third-order valence-corrected chi connectivity index (χ3v) is 3.13. The summed E-state index contributed by atoms with van der Waals surface area (Å²) < 4.78 is 16.2. The third kappa shape index (κ3) is 4.81. The number of hydrogen-bond donors (Lipinski definition) is 2. The van der Waals surface area contributed by atoms with Gasteiger partial charge in [0.15, 0.2) is 11.5 Å². The molecular formula is C18H22N2O4. The van der Waals surface area contributed by atoms with Gasteiger partial charge < -0.3 is 24.8 Å². The van der Waals surface area contributed by atoms with E-state index in [0.29, 0.717) is 41.8 Å². The van der Waals surface area contributed by atoms with E-state index in [1.165, 1.54) is 0 Å². The van der Waals surface area contributed by atoms with Crippen LogP contribution in [-0.4, -0.2) is 26.4 Å². The van der Waals surface area contributed by atoms with Crippen molar-refractivity contribution in [1.29, 1.82) is 0 Å². The van der Waals surface area contributed by atoms with E-state index < -0.39 is 0 Å². The van der Waals surface area contributed by atoms with Crippen molar-refractivity contribution < 1.29 is 19.0 Å². The molecule has 6 heteroatoms. The van der Waals surface area contributed by atoms with Crippen LogP contribution in [0.4, 0.5) is 16.2 Å². The maximum atomic E-state index is 12.1. The molecule has 2 aromatic carbocycles. The number of urea groups is 1. The SMILES string of the molecule is CCOc1ccc(NC(=O)Nc2cccc(OC)c2)cc1OCC. The standard InChI is InChI=1S/C18H22N2O4/c1-4-23-16-10-9-14(12-17(16)24-5-2)20-18(21)19-13-7-6-8-15(11-13)22-3/h6-12H,4-5H2,1-3H3,(H2,19,20,21). The molecule has 0 fully saturated rings. The molecule has 0 aromatic heterocycles. The van der Waals surface area contributed by atoms with Crippen molar-refractivity contribution in [3.8, 4) is 17.2 Å². The molecule has 0 saturated heterocycles. The van der Waals surface area contributed by atoms with Crippen molar-refractivity contribution in [1.82, 2.24) is 0 Å². The molecule has 0 spiro atoms. The van der Waals surface area contributed by atoms with E-state index in [-0.39, 0.29) is 6.03 Å². The maximum absolute atomic E-state index is 12.1. The fourth-order valence-electron chi connectivity index (χ4n) is 2.12. The van der Waals surface area contributed by atoms with Gasteiger partial charge in [0, 0.05) is 23.5 Å². The van der Waals surface area contributed by atoms with E-state index in [9.17, 15) is 4.79 Å². The van der Waals surface area contributed by atoms with Crippen molar-refractivity contribution in [3.63, 3.8) is 0 Å². The van der Waals surface area contributed by atoms with Crippen molar-refractivity contribution in [2.75, 3.05) is 31.0 Å². The Morgan fingerprint density at radius 3 is 2.25 bits per heavy atom. The summed E-state index contributed by atoms with van der Waals surface area (Å²) in [5.74, 6) is 1.92. The van der Waals surface area contributed by atoms with Gasteiger partial charge in [0.1, 0.15) is 5.75 Å². The Bertz CT molecular complexity index is 688. The third-order valence-electron chi connectivity index (χ3n) is 3.13. The highest BCUT2D eigenvalue weighted by atomic mass is 16.5. The largest absolute Gasteiger partial charge is 0.497 e. The molecule has 0 unspecified atom stereocenters. The summed E-state index contributed by atoms with van der Waals surface area (Å²) in [6.07, 6.45) is 0. The molecule has 2 amide bonds. The zero-order valence-electron chi connectivity index (χ0n) is 14.1. The maximum Gasteiger partial charge on any atom is 0.323 e. The number of carbonyl (C=O) groups is 1. The summed E-state index contributed by atoms with van der Waals surface area (Å²) in [7, 11) is 1.58. The molecule has 0 saturated carbocycles. The minimum Gasteiger partial charge on any atom is -0.497 e. The first-order valence-corrected chi connectivity index (χ1v) is 7.78. The average Bonchev–Trinajstić information content (AvgIpc) is 2.57. The minimum atomic E-state index is -0.352. The van der Waals surface area contributed by atoms with E-state index in [4.69, 9.17) is 14.2 Å². The van der Waals surface area contributed by atoms with Gasteiger partial charge in [-0.15, -0.1) is 0 Å². The van der Waals surface area contributed by atoms with Crippen LogP contribution in [0.5, 0.6) is 17.2 Å². The van der Waals surface area contributed by atoms with Crippen molar-refractivity contribution >= 4 is 17.4 Å². The molecule has 0 bridgehead atoms. The zero-order valence-corrected chi connectivity index (χ0v) is 14.1. The van der Waals surface area contributed by atoms with Gasteiger partial charge >= 0.3 is 6.03 Å². The lowest BCUT2D eigenvalue weighted by atomic mass is 10.2. The van der Waals surface area contributed by atoms with Gasteiger partial charge in [0.25, 0.3) is 0 Å². The Balaban J connectivity index is 2.06. The smallest absolute Gasteiger partial charge is 0.323 e. The van der Waals surface area contributed by atoms with Gasteiger partial charge in [0.05, 0.1) is 20.3 Å². The highest BCUT2D eigenvalue weighted by Crippen LogP contribution is 2.30. The summed E-state index contributed by atoms with van der Waals surface area (Å²) in [5, 5.41) is 5.52. The molecule has 0 aliphatic rings. The van der Waals surface area contributed by atoms with Gasteiger partial charge in [-0.3, -0.25) is 0 Å². The summed E-state index contributed by atoms with van der Waals surface area (Å²) in [6.45, 7) is 4.86. The summed E-state index contributed by atoms with van der Waals surface area (Å²) in [6, 6.07) is 12.1. The Morgan fingerprint density at radius 1 is 0.917 bits per heavy atom. The molecule has 2 aromatic rings. The van der Waals surface area contributed by atoms with E-state index >= 15 is 0 Å². The second-order valence-electron chi connectivity index (χ2n) is 4.84. The van der Waals surface area contributed by atoms with Gasteiger partial charge in [-0.2, -0.15) is 0 Å². The van der Waals surface area contributed by atoms with Crippen molar-refractivity contribution in [2.24, 2.45) is 0 Å². The van der Waals surface area contributed by atoms with E-state index in [2.05, 4.69) is 10.6 Å². The summed E-state index contributed by atoms with van der Waals surface area (Å²) in [4.78, 5) is 12.1.